The summed E-state index contributed by atoms with van der Waals surface area (Å²) < 4.78 is 5.26. The van der Waals surface area contributed by atoms with Crippen molar-refractivity contribution in [1.82, 2.24) is 0 Å². The van der Waals surface area contributed by atoms with Crippen molar-refractivity contribution in [2.75, 3.05) is 6.61 Å². The summed E-state index contributed by atoms with van der Waals surface area (Å²) in [5.74, 6) is 0. The quantitative estimate of drug-likeness (QED) is 0.688. The van der Waals surface area contributed by atoms with E-state index in [-0.39, 0.29) is 0 Å². The normalized spacial score (nSPS) is 18.4. The van der Waals surface area contributed by atoms with Gasteiger partial charge in [0, 0.05) is 0 Å². The minimum Gasteiger partial charge on any atom is -0.368 e. The second-order valence-corrected chi connectivity index (χ2v) is 4.31. The number of ether oxygens (including phenoxy) is 1. The van der Waals surface area contributed by atoms with Gasteiger partial charge in [-0.3, -0.25) is 0 Å². The lowest BCUT2D eigenvalue weighted by Gasteiger charge is -2.03. The van der Waals surface area contributed by atoms with Crippen LogP contribution in [0.4, 0.5) is 0 Å². The third kappa shape index (κ3) is 1.86. The molecule has 1 aliphatic rings. The minimum absolute atomic E-state index is 0.354. The number of epoxide rings is 1. The van der Waals surface area contributed by atoms with E-state index >= 15 is 0 Å². The van der Waals surface area contributed by atoms with Gasteiger partial charge in [-0.1, -0.05) is 54.1 Å². The van der Waals surface area contributed by atoms with Gasteiger partial charge in [-0.2, -0.15) is 0 Å². The number of benzene rings is 2. The van der Waals surface area contributed by atoms with E-state index in [2.05, 4.69) is 55.5 Å². The molecule has 0 saturated carbocycles. The van der Waals surface area contributed by atoms with Crippen molar-refractivity contribution in [1.29, 1.82) is 0 Å². The molecule has 1 fully saturated rings. The zero-order valence-electron chi connectivity index (χ0n) is 9.31. The van der Waals surface area contributed by atoms with Gasteiger partial charge in [0.15, 0.2) is 0 Å². The molecule has 0 amide bonds. The van der Waals surface area contributed by atoms with E-state index in [0.29, 0.717) is 6.10 Å². The number of aryl methyl sites for hydroxylation is 1. The smallest absolute Gasteiger partial charge is 0.106 e. The first-order valence-corrected chi connectivity index (χ1v) is 5.61. The first kappa shape index (κ1) is 9.61. The average Bonchev–Trinajstić information content (AvgIpc) is 3.14. The number of hydrogen-bond acceptors (Lipinski definition) is 1. The van der Waals surface area contributed by atoms with Gasteiger partial charge in [-0.25, -0.2) is 0 Å². The van der Waals surface area contributed by atoms with Crippen LogP contribution in [0.5, 0.6) is 0 Å². The molecule has 0 radical (unpaired) electrons. The van der Waals surface area contributed by atoms with E-state index in [1.807, 2.05) is 0 Å². The standard InChI is InChI=1S/C15H14O/c1-11-2-4-12(5-3-11)13-6-8-14(9-7-13)15-10-16-15/h2-9,15H,10H2,1H3. The first-order chi connectivity index (χ1) is 7.83. The van der Waals surface area contributed by atoms with E-state index in [4.69, 9.17) is 4.74 Å². The summed E-state index contributed by atoms with van der Waals surface area (Å²) in [5, 5.41) is 0. The van der Waals surface area contributed by atoms with Crippen LogP contribution in [0.25, 0.3) is 11.1 Å². The predicted octanol–water partition coefficient (Wildman–Crippen LogP) is 3.73. The number of rotatable bonds is 2. The Labute approximate surface area is 95.7 Å². The molecule has 0 bridgehead atoms. The first-order valence-electron chi connectivity index (χ1n) is 5.61. The highest BCUT2D eigenvalue weighted by Gasteiger charge is 2.24. The Balaban J connectivity index is 1.91. The molecule has 2 aromatic carbocycles. The molecule has 0 aromatic heterocycles. The molecule has 0 N–H and O–H groups in total. The highest BCUT2D eigenvalue weighted by molar-refractivity contribution is 5.64. The maximum Gasteiger partial charge on any atom is 0.106 e. The van der Waals surface area contributed by atoms with Crippen molar-refractivity contribution in [3.8, 4) is 11.1 Å². The van der Waals surface area contributed by atoms with Crippen LogP contribution in [0.2, 0.25) is 0 Å². The van der Waals surface area contributed by atoms with Gasteiger partial charge < -0.3 is 4.74 Å². The molecule has 16 heavy (non-hydrogen) atoms. The summed E-state index contributed by atoms with van der Waals surface area (Å²) in [6, 6.07) is 17.3. The van der Waals surface area contributed by atoms with E-state index < -0.39 is 0 Å². The SMILES string of the molecule is Cc1ccc(-c2ccc(C3CO3)cc2)cc1. The van der Waals surface area contributed by atoms with Crippen LogP contribution in [0.3, 0.4) is 0 Å². The summed E-state index contributed by atoms with van der Waals surface area (Å²) in [5.41, 5.74) is 5.13. The lowest BCUT2D eigenvalue weighted by molar-refractivity contribution is 0.415. The zero-order chi connectivity index (χ0) is 11.0. The molecule has 2 aromatic rings. The molecule has 80 valence electrons. The van der Waals surface area contributed by atoms with Gasteiger partial charge in [0.1, 0.15) is 6.10 Å². The molecule has 1 saturated heterocycles. The van der Waals surface area contributed by atoms with Crippen LogP contribution in [0.1, 0.15) is 17.2 Å². The fourth-order valence-electron chi connectivity index (χ4n) is 1.88. The van der Waals surface area contributed by atoms with Gasteiger partial charge in [0.2, 0.25) is 0 Å². The van der Waals surface area contributed by atoms with Crippen molar-refractivity contribution in [3.05, 3.63) is 59.7 Å². The van der Waals surface area contributed by atoms with Gasteiger partial charge in [-0.05, 0) is 23.6 Å². The second-order valence-electron chi connectivity index (χ2n) is 4.31. The summed E-state index contributed by atoms with van der Waals surface area (Å²) in [4.78, 5) is 0. The minimum atomic E-state index is 0.354. The molecule has 1 atom stereocenters. The maximum atomic E-state index is 5.26. The van der Waals surface area contributed by atoms with E-state index in [1.54, 1.807) is 0 Å². The molecule has 3 rings (SSSR count). The molecule has 1 heterocycles. The molecular weight excluding hydrogens is 196 g/mol. The Bertz CT molecular complexity index is 478. The molecule has 1 aliphatic heterocycles. The molecule has 1 unspecified atom stereocenters. The summed E-state index contributed by atoms with van der Waals surface area (Å²) in [6.07, 6.45) is 0.354. The van der Waals surface area contributed by atoms with Gasteiger partial charge >= 0.3 is 0 Å². The summed E-state index contributed by atoms with van der Waals surface area (Å²) in [7, 11) is 0. The second kappa shape index (κ2) is 3.76. The number of hydrogen-bond donors (Lipinski definition) is 0. The highest BCUT2D eigenvalue weighted by atomic mass is 16.6. The molecule has 1 heteroatoms. The van der Waals surface area contributed by atoms with E-state index in [9.17, 15) is 0 Å². The Morgan fingerprint density at radius 3 is 1.88 bits per heavy atom. The van der Waals surface area contributed by atoms with Gasteiger partial charge in [0.25, 0.3) is 0 Å². The van der Waals surface area contributed by atoms with Crippen LogP contribution < -0.4 is 0 Å². The Hall–Kier alpha value is -1.60. The Morgan fingerprint density at radius 2 is 1.38 bits per heavy atom. The maximum absolute atomic E-state index is 5.26. The van der Waals surface area contributed by atoms with Crippen LogP contribution in [0.15, 0.2) is 48.5 Å². The summed E-state index contributed by atoms with van der Waals surface area (Å²) in [6.45, 7) is 2.99. The Kier molecular flexibility index (Phi) is 2.26. The lowest BCUT2D eigenvalue weighted by atomic mass is 10.0. The van der Waals surface area contributed by atoms with Crippen molar-refractivity contribution >= 4 is 0 Å². The predicted molar refractivity (Wildman–Crippen MR) is 65.3 cm³/mol. The van der Waals surface area contributed by atoms with Crippen LogP contribution in [-0.2, 0) is 4.74 Å². The highest BCUT2D eigenvalue weighted by Crippen LogP contribution is 2.31. The van der Waals surface area contributed by atoms with Gasteiger partial charge in [-0.15, -0.1) is 0 Å². The van der Waals surface area contributed by atoms with Crippen molar-refractivity contribution in [3.63, 3.8) is 0 Å². The monoisotopic (exact) mass is 210 g/mol. The van der Waals surface area contributed by atoms with E-state index in [0.717, 1.165) is 6.61 Å². The molecule has 0 spiro atoms. The van der Waals surface area contributed by atoms with E-state index in [1.165, 1.54) is 22.3 Å². The third-order valence-electron chi connectivity index (χ3n) is 3.00. The lowest BCUT2D eigenvalue weighted by Crippen LogP contribution is -1.82. The Morgan fingerprint density at radius 1 is 0.875 bits per heavy atom. The average molecular weight is 210 g/mol. The fraction of sp³-hybridized carbons (Fsp3) is 0.200. The largest absolute Gasteiger partial charge is 0.368 e. The molecule has 0 aliphatic carbocycles. The van der Waals surface area contributed by atoms with Crippen molar-refractivity contribution in [2.45, 2.75) is 13.0 Å². The van der Waals surface area contributed by atoms with Crippen LogP contribution in [-0.4, -0.2) is 6.61 Å². The van der Waals surface area contributed by atoms with Crippen LogP contribution in [0, 0.1) is 6.92 Å². The van der Waals surface area contributed by atoms with Gasteiger partial charge in [0.05, 0.1) is 6.61 Å². The zero-order valence-corrected chi connectivity index (χ0v) is 9.31. The van der Waals surface area contributed by atoms with Crippen molar-refractivity contribution < 1.29 is 4.74 Å². The van der Waals surface area contributed by atoms with Crippen LogP contribution >= 0.6 is 0 Å². The summed E-state index contributed by atoms with van der Waals surface area (Å²) >= 11 is 0. The van der Waals surface area contributed by atoms with Crippen molar-refractivity contribution in [2.24, 2.45) is 0 Å². The topological polar surface area (TPSA) is 12.5 Å². The third-order valence-corrected chi connectivity index (χ3v) is 3.00. The fourth-order valence-corrected chi connectivity index (χ4v) is 1.88. The molecular formula is C15H14O. The molecule has 1 nitrogen and oxygen atoms in total.